The first-order valence-corrected chi connectivity index (χ1v) is 13.2. The Balaban J connectivity index is 1.80. The van der Waals surface area contributed by atoms with Crippen molar-refractivity contribution in [3.63, 3.8) is 0 Å². The first kappa shape index (κ1) is 24.3. The fourth-order valence-corrected chi connectivity index (χ4v) is 5.62. The Morgan fingerprint density at radius 3 is 2.38 bits per heavy atom. The van der Waals surface area contributed by atoms with E-state index >= 15 is 0 Å². The molecule has 7 heteroatoms. The molecule has 1 saturated heterocycles. The number of carbonyl (C=O) groups is 1. The molecule has 6 nitrogen and oxygen atoms in total. The predicted molar refractivity (Wildman–Crippen MR) is 130 cm³/mol. The summed E-state index contributed by atoms with van der Waals surface area (Å²) < 4.78 is 26.8. The summed E-state index contributed by atoms with van der Waals surface area (Å²) >= 11 is 0. The van der Waals surface area contributed by atoms with Crippen molar-refractivity contribution in [3.05, 3.63) is 64.7 Å². The van der Waals surface area contributed by atoms with Gasteiger partial charge in [0.25, 0.3) is 0 Å². The number of anilines is 1. The van der Waals surface area contributed by atoms with Gasteiger partial charge in [0.1, 0.15) is 6.04 Å². The van der Waals surface area contributed by atoms with Crippen LogP contribution < -0.4 is 9.62 Å². The van der Waals surface area contributed by atoms with Crippen LogP contribution in [0.1, 0.15) is 48.4 Å². The summed E-state index contributed by atoms with van der Waals surface area (Å²) in [6.45, 7) is 9.10. The van der Waals surface area contributed by atoms with Crippen molar-refractivity contribution in [2.24, 2.45) is 0 Å². The Kier molecular flexibility index (Phi) is 7.96. The molecule has 2 aromatic carbocycles. The number of rotatable bonds is 9. The number of benzene rings is 2. The second kappa shape index (κ2) is 10.5. The third-order valence-electron chi connectivity index (χ3n) is 6.10. The minimum atomic E-state index is -3.65. The van der Waals surface area contributed by atoms with Gasteiger partial charge in [-0.2, -0.15) is 0 Å². The molecule has 0 unspecified atom stereocenters. The van der Waals surface area contributed by atoms with E-state index in [0.29, 0.717) is 18.7 Å². The standard InChI is InChI=1S/C25H35N3O3S/c1-5-23(28(32(4,30)31)24-16-19(2)12-13-20(24)3)25(29)26-17-21-10-6-7-11-22(21)18-27-14-8-9-15-27/h6-7,10-13,16,23H,5,8-9,14-15,17-18H2,1-4H3,(H,26,29)/t23-/m0/s1. The molecule has 0 radical (unpaired) electrons. The van der Waals surface area contributed by atoms with E-state index in [0.717, 1.165) is 42.6 Å². The molecule has 1 fully saturated rings. The summed E-state index contributed by atoms with van der Waals surface area (Å²) in [5.41, 5.74) is 4.61. The molecule has 0 saturated carbocycles. The minimum Gasteiger partial charge on any atom is -0.350 e. The maximum absolute atomic E-state index is 13.2. The molecule has 1 amide bonds. The van der Waals surface area contributed by atoms with Crippen molar-refractivity contribution in [2.75, 3.05) is 23.7 Å². The SMILES string of the molecule is CC[C@@H](C(=O)NCc1ccccc1CN1CCCC1)N(c1cc(C)ccc1C)S(C)(=O)=O. The van der Waals surface area contributed by atoms with E-state index in [-0.39, 0.29) is 5.91 Å². The lowest BCUT2D eigenvalue weighted by atomic mass is 10.1. The Bertz CT molecular complexity index is 1050. The van der Waals surface area contributed by atoms with Gasteiger partial charge in [-0.05, 0) is 74.5 Å². The van der Waals surface area contributed by atoms with Crippen LogP contribution in [0, 0.1) is 13.8 Å². The Morgan fingerprint density at radius 2 is 1.75 bits per heavy atom. The van der Waals surface area contributed by atoms with Gasteiger partial charge in [0, 0.05) is 13.1 Å². The molecule has 1 aliphatic rings. The zero-order valence-corrected chi connectivity index (χ0v) is 20.4. The van der Waals surface area contributed by atoms with Gasteiger partial charge in [0.2, 0.25) is 15.9 Å². The second-order valence-corrected chi connectivity index (χ2v) is 10.6. The van der Waals surface area contributed by atoms with E-state index in [1.54, 1.807) is 0 Å². The minimum absolute atomic E-state index is 0.283. The highest BCUT2D eigenvalue weighted by molar-refractivity contribution is 7.92. The molecule has 0 aliphatic carbocycles. The average Bonchev–Trinajstić information content (AvgIpc) is 3.25. The van der Waals surface area contributed by atoms with E-state index in [9.17, 15) is 13.2 Å². The van der Waals surface area contributed by atoms with Crippen LogP contribution in [0.15, 0.2) is 42.5 Å². The zero-order valence-electron chi connectivity index (χ0n) is 19.6. The Labute approximate surface area is 192 Å². The largest absolute Gasteiger partial charge is 0.350 e. The van der Waals surface area contributed by atoms with Gasteiger partial charge in [0.15, 0.2) is 0 Å². The predicted octanol–water partition coefficient (Wildman–Crippen LogP) is 3.76. The van der Waals surface area contributed by atoms with Crippen molar-refractivity contribution >= 4 is 21.6 Å². The lowest BCUT2D eigenvalue weighted by Crippen LogP contribution is -2.49. The van der Waals surface area contributed by atoms with Crippen molar-refractivity contribution in [1.29, 1.82) is 0 Å². The second-order valence-electron chi connectivity index (χ2n) is 8.74. The molecule has 3 rings (SSSR count). The van der Waals surface area contributed by atoms with Crippen LogP contribution >= 0.6 is 0 Å². The fourth-order valence-electron chi connectivity index (χ4n) is 4.36. The monoisotopic (exact) mass is 457 g/mol. The highest BCUT2D eigenvalue weighted by Gasteiger charge is 2.32. The van der Waals surface area contributed by atoms with Gasteiger partial charge in [-0.25, -0.2) is 8.42 Å². The van der Waals surface area contributed by atoms with E-state index < -0.39 is 16.1 Å². The lowest BCUT2D eigenvalue weighted by Gasteiger charge is -2.31. The molecule has 2 aromatic rings. The topological polar surface area (TPSA) is 69.7 Å². The van der Waals surface area contributed by atoms with Crippen LogP contribution in [-0.4, -0.2) is 44.6 Å². The maximum atomic E-state index is 13.2. The number of nitrogens with one attached hydrogen (secondary N) is 1. The van der Waals surface area contributed by atoms with Crippen LogP contribution in [-0.2, 0) is 27.9 Å². The third kappa shape index (κ3) is 5.90. The summed E-state index contributed by atoms with van der Waals surface area (Å²) in [7, 11) is -3.65. The molecule has 1 aliphatic heterocycles. The number of hydrogen-bond acceptors (Lipinski definition) is 4. The maximum Gasteiger partial charge on any atom is 0.244 e. The quantitative estimate of drug-likeness (QED) is 0.623. The van der Waals surface area contributed by atoms with Crippen molar-refractivity contribution in [2.45, 2.75) is 59.2 Å². The molecule has 1 atom stereocenters. The molecule has 0 aromatic heterocycles. The average molecular weight is 458 g/mol. The number of sulfonamides is 1. The van der Waals surface area contributed by atoms with E-state index in [2.05, 4.69) is 16.3 Å². The van der Waals surface area contributed by atoms with Crippen LogP contribution in [0.2, 0.25) is 0 Å². The van der Waals surface area contributed by atoms with Crippen LogP contribution in [0.5, 0.6) is 0 Å². The number of amides is 1. The number of nitrogens with zero attached hydrogens (tertiary/aromatic N) is 2. The summed E-state index contributed by atoms with van der Waals surface area (Å²) in [4.78, 5) is 15.7. The molecule has 0 bridgehead atoms. The first-order valence-electron chi connectivity index (χ1n) is 11.3. The van der Waals surface area contributed by atoms with Crippen molar-refractivity contribution in [3.8, 4) is 0 Å². The van der Waals surface area contributed by atoms with Crippen LogP contribution in [0.25, 0.3) is 0 Å². The van der Waals surface area contributed by atoms with Crippen LogP contribution in [0.3, 0.4) is 0 Å². The van der Waals surface area contributed by atoms with Crippen molar-refractivity contribution in [1.82, 2.24) is 10.2 Å². The van der Waals surface area contributed by atoms with Crippen molar-refractivity contribution < 1.29 is 13.2 Å². The van der Waals surface area contributed by atoms with E-state index in [1.165, 1.54) is 22.7 Å². The number of hydrogen-bond donors (Lipinski definition) is 1. The first-order chi connectivity index (χ1) is 15.2. The van der Waals surface area contributed by atoms with Gasteiger partial charge >= 0.3 is 0 Å². The molecule has 32 heavy (non-hydrogen) atoms. The van der Waals surface area contributed by atoms with Gasteiger partial charge in [-0.1, -0.05) is 43.3 Å². The summed E-state index contributed by atoms with van der Waals surface area (Å²) in [5, 5.41) is 3.01. The number of likely N-dealkylation sites (tertiary alicyclic amines) is 1. The molecule has 174 valence electrons. The summed E-state index contributed by atoms with van der Waals surface area (Å²) in [6, 6.07) is 13.0. The highest BCUT2D eigenvalue weighted by atomic mass is 32.2. The molecular weight excluding hydrogens is 422 g/mol. The number of aryl methyl sites for hydroxylation is 2. The molecule has 0 spiro atoms. The fraction of sp³-hybridized carbons (Fsp3) is 0.480. The zero-order chi connectivity index (χ0) is 23.3. The molecular formula is C25H35N3O3S. The highest BCUT2D eigenvalue weighted by Crippen LogP contribution is 2.27. The Hall–Kier alpha value is -2.38. The van der Waals surface area contributed by atoms with Gasteiger partial charge in [0.05, 0.1) is 11.9 Å². The summed E-state index contributed by atoms with van der Waals surface area (Å²) in [5.74, 6) is -0.283. The summed E-state index contributed by atoms with van der Waals surface area (Å²) in [6.07, 6.45) is 4.01. The smallest absolute Gasteiger partial charge is 0.244 e. The number of carbonyl (C=O) groups excluding carboxylic acids is 1. The van der Waals surface area contributed by atoms with Gasteiger partial charge in [-0.15, -0.1) is 0 Å². The van der Waals surface area contributed by atoms with Gasteiger partial charge < -0.3 is 5.32 Å². The van der Waals surface area contributed by atoms with E-state index in [1.807, 2.05) is 57.2 Å². The normalized spacial score (nSPS) is 15.5. The third-order valence-corrected chi connectivity index (χ3v) is 7.26. The molecule has 1 N–H and O–H groups in total. The van der Waals surface area contributed by atoms with Gasteiger partial charge in [-0.3, -0.25) is 14.0 Å². The van der Waals surface area contributed by atoms with Crippen LogP contribution in [0.4, 0.5) is 5.69 Å². The Morgan fingerprint density at radius 1 is 1.09 bits per heavy atom. The molecule has 1 heterocycles. The lowest BCUT2D eigenvalue weighted by molar-refractivity contribution is -0.122. The van der Waals surface area contributed by atoms with E-state index in [4.69, 9.17) is 0 Å².